The number of benzene rings is 1. The van der Waals surface area contributed by atoms with Crippen LogP contribution in [-0.4, -0.2) is 5.91 Å². The number of rotatable bonds is 6. The summed E-state index contributed by atoms with van der Waals surface area (Å²) in [5.74, 6) is -0.584. The SMILES string of the molecule is CCCCCCC(=O)Nc1ccc(N)c(F)c1. The zero-order chi connectivity index (χ0) is 12.7. The van der Waals surface area contributed by atoms with Crippen molar-refractivity contribution in [1.82, 2.24) is 0 Å². The summed E-state index contributed by atoms with van der Waals surface area (Å²) in [5, 5.41) is 2.65. The van der Waals surface area contributed by atoms with Crippen molar-refractivity contribution in [2.75, 3.05) is 11.1 Å². The Bertz CT molecular complexity index is 380. The summed E-state index contributed by atoms with van der Waals surface area (Å²) >= 11 is 0. The topological polar surface area (TPSA) is 55.1 Å². The maximum atomic E-state index is 13.1. The summed E-state index contributed by atoms with van der Waals surface area (Å²) in [6.07, 6.45) is 4.69. The van der Waals surface area contributed by atoms with E-state index in [2.05, 4.69) is 12.2 Å². The van der Waals surface area contributed by atoms with Gasteiger partial charge in [0.15, 0.2) is 0 Å². The quantitative estimate of drug-likeness (QED) is 0.590. The molecule has 0 aromatic heterocycles. The smallest absolute Gasteiger partial charge is 0.224 e. The fourth-order valence-electron chi connectivity index (χ4n) is 1.54. The van der Waals surface area contributed by atoms with Crippen LogP contribution in [0, 0.1) is 5.82 Å². The Morgan fingerprint density at radius 1 is 1.35 bits per heavy atom. The third-order valence-corrected chi connectivity index (χ3v) is 2.54. The Morgan fingerprint density at radius 3 is 2.76 bits per heavy atom. The first kappa shape index (κ1) is 13.5. The Hall–Kier alpha value is -1.58. The molecule has 0 saturated heterocycles. The van der Waals surface area contributed by atoms with Crippen LogP contribution in [0.3, 0.4) is 0 Å². The Morgan fingerprint density at radius 2 is 2.12 bits per heavy atom. The van der Waals surface area contributed by atoms with Gasteiger partial charge >= 0.3 is 0 Å². The molecule has 3 nitrogen and oxygen atoms in total. The monoisotopic (exact) mass is 238 g/mol. The van der Waals surface area contributed by atoms with E-state index >= 15 is 0 Å². The van der Waals surface area contributed by atoms with Crippen molar-refractivity contribution in [1.29, 1.82) is 0 Å². The maximum Gasteiger partial charge on any atom is 0.224 e. The van der Waals surface area contributed by atoms with E-state index in [9.17, 15) is 9.18 Å². The van der Waals surface area contributed by atoms with Crippen molar-refractivity contribution >= 4 is 17.3 Å². The van der Waals surface area contributed by atoms with Crippen molar-refractivity contribution in [3.8, 4) is 0 Å². The fraction of sp³-hybridized carbons (Fsp3) is 0.462. The van der Waals surface area contributed by atoms with Gasteiger partial charge in [-0.3, -0.25) is 4.79 Å². The lowest BCUT2D eigenvalue weighted by Crippen LogP contribution is -2.11. The van der Waals surface area contributed by atoms with Gasteiger partial charge in [-0.2, -0.15) is 0 Å². The summed E-state index contributed by atoms with van der Waals surface area (Å²) in [5.41, 5.74) is 5.89. The molecule has 0 fully saturated rings. The van der Waals surface area contributed by atoms with Gasteiger partial charge < -0.3 is 11.1 Å². The minimum Gasteiger partial charge on any atom is -0.396 e. The molecule has 0 aliphatic heterocycles. The third kappa shape index (κ3) is 4.85. The predicted molar refractivity (Wildman–Crippen MR) is 68.2 cm³/mol. The number of nitrogen functional groups attached to an aromatic ring is 1. The number of hydrogen-bond donors (Lipinski definition) is 2. The minimum absolute atomic E-state index is 0.0784. The molecule has 1 rings (SSSR count). The van der Waals surface area contributed by atoms with Gasteiger partial charge in [-0.15, -0.1) is 0 Å². The summed E-state index contributed by atoms with van der Waals surface area (Å²) < 4.78 is 13.1. The van der Waals surface area contributed by atoms with Gasteiger partial charge in [0, 0.05) is 12.1 Å². The van der Waals surface area contributed by atoms with Crippen molar-refractivity contribution in [3.05, 3.63) is 24.0 Å². The second-order valence-corrected chi connectivity index (χ2v) is 4.10. The number of halogens is 1. The summed E-state index contributed by atoms with van der Waals surface area (Å²) in [4.78, 5) is 11.5. The normalized spacial score (nSPS) is 10.2. The Balaban J connectivity index is 2.37. The number of carbonyl (C=O) groups excluding carboxylic acids is 1. The predicted octanol–water partition coefficient (Wildman–Crippen LogP) is 3.32. The molecule has 0 unspecified atom stereocenters. The number of carbonyl (C=O) groups is 1. The van der Waals surface area contributed by atoms with Gasteiger partial charge in [0.25, 0.3) is 0 Å². The van der Waals surface area contributed by atoms with Crippen molar-refractivity contribution < 1.29 is 9.18 Å². The molecule has 4 heteroatoms. The van der Waals surface area contributed by atoms with Gasteiger partial charge in [0.1, 0.15) is 5.82 Å². The van der Waals surface area contributed by atoms with Crippen LogP contribution in [0.25, 0.3) is 0 Å². The van der Waals surface area contributed by atoms with Crippen LogP contribution in [0.4, 0.5) is 15.8 Å². The highest BCUT2D eigenvalue weighted by Gasteiger charge is 2.04. The fourth-order valence-corrected chi connectivity index (χ4v) is 1.54. The summed E-state index contributed by atoms with van der Waals surface area (Å²) in [6, 6.07) is 4.28. The molecule has 0 aliphatic carbocycles. The first-order valence-electron chi connectivity index (χ1n) is 5.98. The molecule has 0 atom stereocenters. The molecule has 0 radical (unpaired) electrons. The van der Waals surface area contributed by atoms with E-state index < -0.39 is 5.82 Å². The Labute approximate surface area is 101 Å². The van der Waals surface area contributed by atoms with E-state index in [0.29, 0.717) is 12.1 Å². The van der Waals surface area contributed by atoms with Crippen LogP contribution in [-0.2, 0) is 4.79 Å². The summed E-state index contributed by atoms with van der Waals surface area (Å²) in [7, 11) is 0. The Kier molecular flexibility index (Phi) is 5.46. The van der Waals surface area contributed by atoms with Crippen LogP contribution < -0.4 is 11.1 Å². The van der Waals surface area contributed by atoms with Crippen LogP contribution in [0.2, 0.25) is 0 Å². The van der Waals surface area contributed by atoms with Crippen LogP contribution >= 0.6 is 0 Å². The molecule has 17 heavy (non-hydrogen) atoms. The van der Waals surface area contributed by atoms with E-state index in [0.717, 1.165) is 25.7 Å². The highest BCUT2D eigenvalue weighted by molar-refractivity contribution is 5.90. The zero-order valence-electron chi connectivity index (χ0n) is 10.1. The second kappa shape index (κ2) is 6.89. The highest BCUT2D eigenvalue weighted by atomic mass is 19.1. The van der Waals surface area contributed by atoms with E-state index in [-0.39, 0.29) is 11.6 Å². The van der Waals surface area contributed by atoms with Crippen LogP contribution in [0.15, 0.2) is 18.2 Å². The number of anilines is 2. The molecule has 0 heterocycles. The average Bonchev–Trinajstić information content (AvgIpc) is 2.30. The molecule has 0 bridgehead atoms. The lowest BCUT2D eigenvalue weighted by molar-refractivity contribution is -0.116. The lowest BCUT2D eigenvalue weighted by Gasteiger charge is -2.06. The lowest BCUT2D eigenvalue weighted by atomic mass is 10.1. The average molecular weight is 238 g/mol. The first-order chi connectivity index (χ1) is 8.13. The summed E-state index contributed by atoms with van der Waals surface area (Å²) in [6.45, 7) is 2.12. The number of amides is 1. The molecular formula is C13H19FN2O. The zero-order valence-corrected chi connectivity index (χ0v) is 10.1. The van der Waals surface area contributed by atoms with Crippen molar-refractivity contribution in [2.24, 2.45) is 0 Å². The highest BCUT2D eigenvalue weighted by Crippen LogP contribution is 2.16. The molecule has 1 aromatic rings. The number of nitrogens with two attached hydrogens (primary N) is 1. The van der Waals surface area contributed by atoms with Gasteiger partial charge in [0.2, 0.25) is 5.91 Å². The van der Waals surface area contributed by atoms with Crippen LogP contribution in [0.5, 0.6) is 0 Å². The number of unbranched alkanes of at least 4 members (excludes halogenated alkanes) is 3. The van der Waals surface area contributed by atoms with E-state index in [1.807, 2.05) is 0 Å². The van der Waals surface area contributed by atoms with Gasteiger partial charge in [-0.25, -0.2) is 4.39 Å². The maximum absolute atomic E-state index is 13.1. The molecule has 0 aliphatic rings. The molecule has 1 aromatic carbocycles. The second-order valence-electron chi connectivity index (χ2n) is 4.10. The first-order valence-corrected chi connectivity index (χ1v) is 5.98. The number of nitrogens with one attached hydrogen (secondary N) is 1. The molecule has 3 N–H and O–H groups in total. The van der Waals surface area contributed by atoms with Gasteiger partial charge in [-0.1, -0.05) is 26.2 Å². The van der Waals surface area contributed by atoms with Crippen molar-refractivity contribution in [2.45, 2.75) is 39.0 Å². The van der Waals surface area contributed by atoms with E-state index in [1.165, 1.54) is 12.1 Å². The standard InChI is InChI=1S/C13H19FN2O/c1-2-3-4-5-6-13(17)16-10-7-8-12(15)11(14)9-10/h7-9H,2-6,15H2,1H3,(H,16,17). The third-order valence-electron chi connectivity index (χ3n) is 2.54. The minimum atomic E-state index is -0.506. The van der Waals surface area contributed by atoms with Crippen LogP contribution in [0.1, 0.15) is 39.0 Å². The van der Waals surface area contributed by atoms with Gasteiger partial charge in [0.05, 0.1) is 5.69 Å². The molecule has 94 valence electrons. The van der Waals surface area contributed by atoms with E-state index in [1.54, 1.807) is 6.07 Å². The molecule has 0 spiro atoms. The molecule has 1 amide bonds. The van der Waals surface area contributed by atoms with Gasteiger partial charge in [-0.05, 0) is 24.6 Å². The molecular weight excluding hydrogens is 219 g/mol. The number of hydrogen-bond acceptors (Lipinski definition) is 2. The van der Waals surface area contributed by atoms with E-state index in [4.69, 9.17) is 5.73 Å². The largest absolute Gasteiger partial charge is 0.396 e. The van der Waals surface area contributed by atoms with Crippen molar-refractivity contribution in [3.63, 3.8) is 0 Å². The molecule has 0 saturated carbocycles.